The first-order valence-electron chi connectivity index (χ1n) is 6.12. The molecule has 0 fully saturated rings. The second-order valence-corrected chi connectivity index (χ2v) is 6.30. The van der Waals surface area contributed by atoms with Gasteiger partial charge in [0.05, 0.1) is 18.8 Å². The molecular formula is C13H17NO6S. The number of carboxylic acid groups (broad SMARTS) is 1. The molecule has 116 valence electrons. The summed E-state index contributed by atoms with van der Waals surface area (Å²) in [4.78, 5) is 22.5. The Bertz CT molecular complexity index is 598. The fourth-order valence-corrected chi connectivity index (χ4v) is 3.22. The van der Waals surface area contributed by atoms with Crippen LogP contribution in [0.1, 0.15) is 18.5 Å². The van der Waals surface area contributed by atoms with E-state index in [2.05, 4.69) is 9.46 Å². The van der Waals surface area contributed by atoms with Gasteiger partial charge in [-0.1, -0.05) is 37.3 Å². The van der Waals surface area contributed by atoms with Crippen molar-refractivity contribution in [2.45, 2.75) is 13.0 Å². The van der Waals surface area contributed by atoms with E-state index in [0.29, 0.717) is 5.56 Å². The number of ether oxygens (including phenoxy) is 1. The van der Waals surface area contributed by atoms with Crippen molar-refractivity contribution in [3.05, 3.63) is 35.9 Å². The lowest BCUT2D eigenvalue weighted by Crippen LogP contribution is -2.38. The molecule has 21 heavy (non-hydrogen) atoms. The van der Waals surface area contributed by atoms with Crippen molar-refractivity contribution in [1.29, 1.82) is 0 Å². The highest BCUT2D eigenvalue weighted by molar-refractivity contribution is 7.89. The molecule has 0 radical (unpaired) electrons. The smallest absolute Gasteiger partial charge is 0.326 e. The topological polar surface area (TPSA) is 110 Å². The summed E-state index contributed by atoms with van der Waals surface area (Å²) in [6.07, 6.45) is 0. The summed E-state index contributed by atoms with van der Waals surface area (Å²) >= 11 is 0. The first kappa shape index (κ1) is 17.1. The van der Waals surface area contributed by atoms with E-state index in [-0.39, 0.29) is 0 Å². The number of benzene rings is 1. The van der Waals surface area contributed by atoms with Crippen LogP contribution in [0.15, 0.2) is 30.3 Å². The number of carboxylic acids is 1. The highest BCUT2D eigenvalue weighted by Crippen LogP contribution is 2.15. The molecule has 0 aromatic heterocycles. The quantitative estimate of drug-likeness (QED) is 0.711. The predicted molar refractivity (Wildman–Crippen MR) is 74.9 cm³/mol. The van der Waals surface area contributed by atoms with Crippen LogP contribution in [0.2, 0.25) is 0 Å². The number of hydrogen-bond donors (Lipinski definition) is 2. The minimum Gasteiger partial charge on any atom is -0.480 e. The molecule has 0 spiro atoms. The number of aliphatic carboxylic acids is 1. The summed E-state index contributed by atoms with van der Waals surface area (Å²) in [5, 5.41) is 9.16. The number of carbonyl (C=O) groups excluding carboxylic acids is 1. The summed E-state index contributed by atoms with van der Waals surface area (Å²) in [6.45, 7) is 1.39. The number of rotatable bonds is 7. The van der Waals surface area contributed by atoms with Crippen LogP contribution >= 0.6 is 0 Å². The Hall–Kier alpha value is -1.93. The highest BCUT2D eigenvalue weighted by Gasteiger charge is 2.28. The van der Waals surface area contributed by atoms with E-state index in [9.17, 15) is 18.0 Å². The van der Waals surface area contributed by atoms with E-state index < -0.39 is 39.7 Å². The van der Waals surface area contributed by atoms with Crippen LogP contribution < -0.4 is 4.72 Å². The Kier molecular flexibility index (Phi) is 5.86. The van der Waals surface area contributed by atoms with E-state index in [1.54, 1.807) is 18.2 Å². The van der Waals surface area contributed by atoms with Crippen molar-refractivity contribution in [2.75, 3.05) is 12.9 Å². The molecular weight excluding hydrogens is 298 g/mol. The first-order chi connectivity index (χ1) is 9.76. The second-order valence-electron chi connectivity index (χ2n) is 4.51. The Morgan fingerprint density at radius 1 is 1.29 bits per heavy atom. The van der Waals surface area contributed by atoms with Crippen LogP contribution in [-0.2, 0) is 24.3 Å². The molecule has 1 aromatic rings. The third kappa shape index (κ3) is 5.16. The molecule has 0 heterocycles. The minimum absolute atomic E-state index is 0.305. The fraction of sp³-hybridized carbons (Fsp3) is 0.385. The van der Waals surface area contributed by atoms with Gasteiger partial charge in [0.2, 0.25) is 10.0 Å². The maximum atomic E-state index is 12.0. The van der Waals surface area contributed by atoms with Crippen LogP contribution in [0.25, 0.3) is 0 Å². The molecule has 1 aromatic carbocycles. The third-order valence-corrected chi connectivity index (χ3v) is 4.28. The molecule has 0 saturated carbocycles. The lowest BCUT2D eigenvalue weighted by Gasteiger charge is -2.16. The number of sulfonamides is 1. The van der Waals surface area contributed by atoms with Crippen LogP contribution in [0.3, 0.4) is 0 Å². The van der Waals surface area contributed by atoms with Gasteiger partial charge in [-0.25, -0.2) is 8.42 Å². The molecule has 1 rings (SSSR count). The molecule has 8 heteroatoms. The molecule has 7 nitrogen and oxygen atoms in total. The van der Waals surface area contributed by atoms with Crippen molar-refractivity contribution in [2.24, 2.45) is 5.92 Å². The lowest BCUT2D eigenvalue weighted by atomic mass is 10.1. The van der Waals surface area contributed by atoms with E-state index in [1.807, 2.05) is 0 Å². The Morgan fingerprint density at radius 3 is 2.33 bits per heavy atom. The fourth-order valence-electron chi connectivity index (χ4n) is 1.73. The van der Waals surface area contributed by atoms with E-state index in [1.165, 1.54) is 19.1 Å². The zero-order chi connectivity index (χ0) is 16.0. The Labute approximate surface area is 123 Å². The van der Waals surface area contributed by atoms with Gasteiger partial charge in [-0.2, -0.15) is 4.72 Å². The van der Waals surface area contributed by atoms with E-state index >= 15 is 0 Å². The van der Waals surface area contributed by atoms with Crippen molar-refractivity contribution in [3.63, 3.8) is 0 Å². The van der Waals surface area contributed by atoms with Gasteiger partial charge in [0.1, 0.15) is 6.04 Å². The minimum atomic E-state index is -3.96. The maximum absolute atomic E-state index is 12.0. The van der Waals surface area contributed by atoms with E-state index in [4.69, 9.17) is 5.11 Å². The SMILES string of the molecule is COC(=O)C(C)CS(=O)(=O)N[C@H](C(=O)O)c1ccccc1. The molecule has 0 aliphatic rings. The third-order valence-electron chi connectivity index (χ3n) is 2.75. The molecule has 0 bridgehead atoms. The largest absolute Gasteiger partial charge is 0.480 e. The van der Waals surface area contributed by atoms with Gasteiger partial charge in [-0.15, -0.1) is 0 Å². The highest BCUT2D eigenvalue weighted by atomic mass is 32.2. The van der Waals surface area contributed by atoms with Crippen LogP contribution in [0.4, 0.5) is 0 Å². The summed E-state index contributed by atoms with van der Waals surface area (Å²) in [7, 11) is -2.80. The zero-order valence-electron chi connectivity index (χ0n) is 11.6. The molecule has 2 atom stereocenters. The summed E-state index contributed by atoms with van der Waals surface area (Å²) in [5.74, 6) is -3.43. The normalized spacial score (nSPS) is 14.2. The molecule has 0 saturated heterocycles. The summed E-state index contributed by atoms with van der Waals surface area (Å²) in [5.41, 5.74) is 0.305. The second kappa shape index (κ2) is 7.19. The zero-order valence-corrected chi connectivity index (χ0v) is 12.5. The summed E-state index contributed by atoms with van der Waals surface area (Å²) in [6, 6.07) is 6.51. The van der Waals surface area contributed by atoms with Gasteiger partial charge in [0.25, 0.3) is 0 Å². The van der Waals surface area contributed by atoms with Crippen molar-refractivity contribution < 1.29 is 27.9 Å². The Morgan fingerprint density at radius 2 is 1.86 bits per heavy atom. The molecule has 0 aliphatic carbocycles. The maximum Gasteiger partial charge on any atom is 0.326 e. The number of hydrogen-bond acceptors (Lipinski definition) is 5. The van der Waals surface area contributed by atoms with Crippen molar-refractivity contribution in [1.82, 2.24) is 4.72 Å². The average molecular weight is 315 g/mol. The van der Waals surface area contributed by atoms with Crippen LogP contribution in [0.5, 0.6) is 0 Å². The van der Waals surface area contributed by atoms with Gasteiger partial charge in [0, 0.05) is 0 Å². The molecule has 0 aliphatic heterocycles. The van der Waals surface area contributed by atoms with Gasteiger partial charge in [0.15, 0.2) is 0 Å². The van der Waals surface area contributed by atoms with Crippen molar-refractivity contribution >= 4 is 22.0 Å². The standard InChI is InChI=1S/C13H17NO6S/c1-9(13(17)20-2)8-21(18,19)14-11(12(15)16)10-6-4-3-5-7-10/h3-7,9,11,14H,8H2,1-2H3,(H,15,16)/t9?,11-/m0/s1. The molecule has 0 amide bonds. The number of nitrogens with one attached hydrogen (secondary N) is 1. The van der Waals surface area contributed by atoms with Crippen LogP contribution in [0, 0.1) is 5.92 Å². The van der Waals surface area contributed by atoms with Gasteiger partial charge in [-0.3, -0.25) is 9.59 Å². The average Bonchev–Trinajstić information content (AvgIpc) is 2.44. The Balaban J connectivity index is 2.89. The number of carbonyl (C=O) groups is 2. The van der Waals surface area contributed by atoms with Gasteiger partial charge >= 0.3 is 11.9 Å². The monoisotopic (exact) mass is 315 g/mol. The lowest BCUT2D eigenvalue weighted by molar-refractivity contribution is -0.144. The predicted octanol–water partition coefficient (Wildman–Crippen LogP) is 0.541. The van der Waals surface area contributed by atoms with Crippen LogP contribution in [-0.4, -0.2) is 38.3 Å². The van der Waals surface area contributed by atoms with Crippen molar-refractivity contribution in [3.8, 4) is 0 Å². The molecule has 2 N–H and O–H groups in total. The van der Waals surface area contributed by atoms with Gasteiger partial charge < -0.3 is 9.84 Å². The molecule has 1 unspecified atom stereocenters. The number of esters is 1. The van der Waals surface area contributed by atoms with E-state index in [0.717, 1.165) is 7.11 Å². The summed E-state index contributed by atoms with van der Waals surface area (Å²) < 4.78 is 30.5. The number of methoxy groups -OCH3 is 1. The van der Waals surface area contributed by atoms with Gasteiger partial charge in [-0.05, 0) is 5.56 Å². The first-order valence-corrected chi connectivity index (χ1v) is 7.77.